The first-order valence-electron chi connectivity index (χ1n) is 6.43. The van der Waals surface area contributed by atoms with Gasteiger partial charge in [-0.15, -0.1) is 0 Å². The molecule has 0 radical (unpaired) electrons. The van der Waals surface area contributed by atoms with E-state index >= 15 is 0 Å². The Hall–Kier alpha value is -3.44. The molecule has 0 saturated heterocycles. The maximum absolute atomic E-state index is 11.9. The van der Waals surface area contributed by atoms with Crippen LogP contribution in [0.15, 0.2) is 0 Å². The van der Waals surface area contributed by atoms with Crippen molar-refractivity contribution in [3.05, 3.63) is 11.4 Å². The third-order valence-corrected chi connectivity index (χ3v) is 2.62. The second-order valence-electron chi connectivity index (χ2n) is 4.21. The molecule has 0 spiro atoms. The van der Waals surface area contributed by atoms with Gasteiger partial charge in [0.05, 0.1) is 14.2 Å². The van der Waals surface area contributed by atoms with Gasteiger partial charge in [0.2, 0.25) is 0 Å². The topological polar surface area (TPSA) is 189 Å². The predicted octanol–water partition coefficient (Wildman–Crippen LogP) is -2.55. The van der Waals surface area contributed by atoms with Gasteiger partial charge in [0.1, 0.15) is 13.1 Å². The molecule has 0 unspecified atom stereocenters. The minimum atomic E-state index is -0.821. The lowest BCUT2D eigenvalue weighted by Gasteiger charge is -2.09. The molecular formula is C12H16N6O6. The summed E-state index contributed by atoms with van der Waals surface area (Å²) in [5.74, 6) is -3.76. The van der Waals surface area contributed by atoms with Gasteiger partial charge in [-0.05, 0) is 0 Å². The summed E-state index contributed by atoms with van der Waals surface area (Å²) < 4.78 is 8.72. The van der Waals surface area contributed by atoms with Gasteiger partial charge in [0, 0.05) is 0 Å². The van der Waals surface area contributed by atoms with Gasteiger partial charge in [0.15, 0.2) is 23.0 Å². The average Bonchev–Trinajstić information content (AvgIpc) is 2.58. The Kier molecular flexibility index (Phi) is 6.40. The molecule has 0 aliphatic rings. The van der Waals surface area contributed by atoms with E-state index in [0.29, 0.717) is 0 Å². The van der Waals surface area contributed by atoms with Gasteiger partial charge >= 0.3 is 11.9 Å². The van der Waals surface area contributed by atoms with Crippen molar-refractivity contribution in [2.45, 2.75) is 0 Å². The van der Waals surface area contributed by atoms with Crippen LogP contribution in [0.2, 0.25) is 0 Å². The quantitative estimate of drug-likeness (QED) is 0.401. The zero-order valence-corrected chi connectivity index (χ0v) is 12.9. The van der Waals surface area contributed by atoms with Crippen LogP contribution in [0.25, 0.3) is 0 Å². The van der Waals surface area contributed by atoms with Gasteiger partial charge < -0.3 is 31.6 Å². The molecule has 0 aliphatic carbocycles. The largest absolute Gasteiger partial charge is 0.468 e. The second-order valence-corrected chi connectivity index (χ2v) is 4.21. The van der Waals surface area contributed by atoms with Gasteiger partial charge in [-0.3, -0.25) is 19.2 Å². The maximum Gasteiger partial charge on any atom is 0.325 e. The van der Waals surface area contributed by atoms with Crippen LogP contribution in [0.1, 0.15) is 21.0 Å². The smallest absolute Gasteiger partial charge is 0.325 e. The summed E-state index contributed by atoms with van der Waals surface area (Å²) in [6, 6.07) is 0. The average molecular weight is 340 g/mol. The third-order valence-electron chi connectivity index (χ3n) is 2.62. The highest BCUT2D eigenvalue weighted by Gasteiger charge is 2.21. The molecule has 12 nitrogen and oxygen atoms in total. The maximum atomic E-state index is 11.9. The molecule has 130 valence electrons. The first-order chi connectivity index (χ1) is 11.3. The Morgan fingerprint density at radius 1 is 0.833 bits per heavy atom. The highest BCUT2D eigenvalue weighted by molar-refractivity contribution is 6.02. The van der Waals surface area contributed by atoms with E-state index in [1.807, 2.05) is 0 Å². The number of hydrogen-bond acceptors (Lipinski definition) is 10. The van der Waals surface area contributed by atoms with Gasteiger partial charge in [-0.25, -0.2) is 9.97 Å². The summed E-state index contributed by atoms with van der Waals surface area (Å²) in [6.45, 7) is -0.810. The van der Waals surface area contributed by atoms with E-state index in [1.54, 1.807) is 0 Å². The summed E-state index contributed by atoms with van der Waals surface area (Å²) in [5.41, 5.74) is 10.4. The Morgan fingerprint density at radius 3 is 1.46 bits per heavy atom. The summed E-state index contributed by atoms with van der Waals surface area (Å²) >= 11 is 0. The minimum absolute atomic E-state index is 0.360. The number of rotatable bonds is 6. The van der Waals surface area contributed by atoms with E-state index in [1.165, 1.54) is 0 Å². The molecule has 0 fully saturated rings. The third kappa shape index (κ3) is 4.79. The van der Waals surface area contributed by atoms with Crippen molar-refractivity contribution < 1.29 is 28.7 Å². The number of anilines is 2. The number of nitrogens with zero attached hydrogens (tertiary/aromatic N) is 2. The lowest BCUT2D eigenvalue weighted by molar-refractivity contribution is -0.140. The molecule has 0 bridgehead atoms. The lowest BCUT2D eigenvalue weighted by Crippen LogP contribution is -2.34. The number of carbonyl (C=O) groups excluding carboxylic acids is 4. The summed E-state index contributed by atoms with van der Waals surface area (Å²) in [5, 5.41) is 4.40. The van der Waals surface area contributed by atoms with Crippen LogP contribution in [-0.4, -0.2) is 61.0 Å². The van der Waals surface area contributed by atoms with E-state index in [-0.39, 0.29) is 23.0 Å². The first-order valence-corrected chi connectivity index (χ1v) is 6.43. The van der Waals surface area contributed by atoms with Crippen LogP contribution >= 0.6 is 0 Å². The van der Waals surface area contributed by atoms with Crippen molar-refractivity contribution in [3.8, 4) is 0 Å². The molecule has 0 atom stereocenters. The Labute approximate surface area is 135 Å². The number of ether oxygens (including phenoxy) is 2. The molecule has 2 amide bonds. The molecule has 24 heavy (non-hydrogen) atoms. The van der Waals surface area contributed by atoms with E-state index in [4.69, 9.17) is 11.5 Å². The van der Waals surface area contributed by atoms with E-state index in [2.05, 4.69) is 30.1 Å². The van der Waals surface area contributed by atoms with Gasteiger partial charge in [-0.1, -0.05) is 0 Å². The fourth-order valence-corrected chi connectivity index (χ4v) is 1.41. The standard InChI is InChI=1S/C12H16N6O6/c1-23-5(19)3-15-11(21)7-9(13)18-8(10(14)17-7)12(22)16-4-6(20)24-2/h3-4H2,1-2H3,(H2,14,17)(H2,13,18)(H,15,21)(H,16,22). The van der Waals surface area contributed by atoms with Crippen molar-refractivity contribution >= 4 is 35.4 Å². The van der Waals surface area contributed by atoms with Crippen molar-refractivity contribution in [3.63, 3.8) is 0 Å². The molecule has 0 saturated carbocycles. The zero-order chi connectivity index (χ0) is 18.3. The van der Waals surface area contributed by atoms with Crippen LogP contribution in [0.4, 0.5) is 11.6 Å². The summed E-state index contributed by atoms with van der Waals surface area (Å²) in [6.07, 6.45) is 0. The molecule has 0 aromatic carbocycles. The molecular weight excluding hydrogens is 324 g/mol. The Morgan fingerprint density at radius 2 is 1.17 bits per heavy atom. The Bertz CT molecular complexity index is 618. The van der Waals surface area contributed by atoms with Crippen LogP contribution < -0.4 is 22.1 Å². The number of nitrogens with two attached hydrogens (primary N) is 2. The molecule has 12 heteroatoms. The van der Waals surface area contributed by atoms with Crippen molar-refractivity contribution in [1.29, 1.82) is 0 Å². The number of esters is 2. The lowest BCUT2D eigenvalue weighted by atomic mass is 10.3. The summed E-state index contributed by atoms with van der Waals surface area (Å²) in [7, 11) is 2.31. The monoisotopic (exact) mass is 340 g/mol. The number of aromatic nitrogens is 2. The fourth-order valence-electron chi connectivity index (χ4n) is 1.41. The van der Waals surface area contributed by atoms with E-state index in [9.17, 15) is 19.2 Å². The first kappa shape index (κ1) is 18.6. The van der Waals surface area contributed by atoms with Crippen molar-refractivity contribution in [1.82, 2.24) is 20.6 Å². The van der Waals surface area contributed by atoms with Crippen LogP contribution in [0.5, 0.6) is 0 Å². The molecule has 1 heterocycles. The van der Waals surface area contributed by atoms with Crippen molar-refractivity contribution in [2.75, 3.05) is 38.8 Å². The second kappa shape index (κ2) is 8.26. The number of nitrogens with one attached hydrogen (secondary N) is 2. The Balaban J connectivity index is 2.89. The zero-order valence-electron chi connectivity index (χ0n) is 12.9. The fraction of sp³-hybridized carbons (Fsp3) is 0.333. The summed E-state index contributed by atoms with van der Waals surface area (Å²) in [4.78, 5) is 53.0. The normalized spacial score (nSPS) is 9.75. The van der Waals surface area contributed by atoms with E-state index in [0.717, 1.165) is 14.2 Å². The molecule has 6 N–H and O–H groups in total. The van der Waals surface area contributed by atoms with Crippen LogP contribution in [-0.2, 0) is 19.1 Å². The van der Waals surface area contributed by atoms with Crippen molar-refractivity contribution in [2.24, 2.45) is 0 Å². The number of methoxy groups -OCH3 is 2. The molecule has 1 aromatic rings. The highest BCUT2D eigenvalue weighted by atomic mass is 16.5. The molecule has 1 aromatic heterocycles. The molecule has 0 aliphatic heterocycles. The SMILES string of the molecule is COC(=O)CNC(=O)c1nc(N)c(C(=O)NCC(=O)OC)nc1N. The van der Waals surface area contributed by atoms with E-state index < -0.39 is 36.8 Å². The van der Waals surface area contributed by atoms with Crippen LogP contribution in [0.3, 0.4) is 0 Å². The number of amides is 2. The van der Waals surface area contributed by atoms with Gasteiger partial charge in [-0.2, -0.15) is 0 Å². The number of carbonyl (C=O) groups is 4. The highest BCUT2D eigenvalue weighted by Crippen LogP contribution is 2.13. The number of nitrogen functional groups attached to an aromatic ring is 2. The number of hydrogen-bond donors (Lipinski definition) is 4. The minimum Gasteiger partial charge on any atom is -0.468 e. The van der Waals surface area contributed by atoms with Crippen LogP contribution in [0, 0.1) is 0 Å². The van der Waals surface area contributed by atoms with Gasteiger partial charge in [0.25, 0.3) is 11.8 Å². The predicted molar refractivity (Wildman–Crippen MR) is 79.6 cm³/mol. The molecule has 1 rings (SSSR count).